The van der Waals surface area contributed by atoms with Gasteiger partial charge < -0.3 is 16.0 Å². The number of hydrogen-bond acceptors (Lipinski definition) is 2. The Morgan fingerprint density at radius 2 is 2.10 bits per heavy atom. The van der Waals surface area contributed by atoms with Crippen molar-refractivity contribution in [2.45, 2.75) is 26.2 Å². The fourth-order valence-corrected chi connectivity index (χ4v) is 2.34. The molecule has 1 aromatic rings. The van der Waals surface area contributed by atoms with Crippen LogP contribution < -0.4 is 11.1 Å². The minimum atomic E-state index is 0. The minimum Gasteiger partial charge on any atom is -0.370 e. The van der Waals surface area contributed by atoms with Gasteiger partial charge in [-0.2, -0.15) is 0 Å². The van der Waals surface area contributed by atoms with E-state index >= 15 is 0 Å². The largest absolute Gasteiger partial charge is 0.370 e. The normalized spacial score (nSPS) is 14.1. The van der Waals surface area contributed by atoms with Gasteiger partial charge in [-0.1, -0.05) is 13.0 Å². The summed E-state index contributed by atoms with van der Waals surface area (Å²) >= 11 is 0. The molecule has 2 rings (SSSR count). The van der Waals surface area contributed by atoms with Gasteiger partial charge in [0.15, 0.2) is 5.96 Å². The summed E-state index contributed by atoms with van der Waals surface area (Å²) in [6.45, 7) is 4.83. The van der Waals surface area contributed by atoms with Gasteiger partial charge in [-0.05, 0) is 56.1 Å². The molecule has 0 spiro atoms. The van der Waals surface area contributed by atoms with Crippen molar-refractivity contribution in [3.8, 4) is 0 Å². The molecule has 0 saturated carbocycles. The summed E-state index contributed by atoms with van der Waals surface area (Å²) < 4.78 is 0. The minimum absolute atomic E-state index is 0. The third-order valence-corrected chi connectivity index (χ3v) is 3.67. The first-order valence-corrected chi connectivity index (χ1v) is 7.06. The zero-order valence-corrected chi connectivity index (χ0v) is 14.7. The number of aliphatic imine (C=N–C) groups is 1. The van der Waals surface area contributed by atoms with Crippen LogP contribution in [0.15, 0.2) is 23.2 Å². The number of nitrogens with two attached hydrogens (primary N) is 1. The smallest absolute Gasteiger partial charge is 0.193 e. The number of benzene rings is 1. The number of guanidine groups is 1. The van der Waals surface area contributed by atoms with E-state index in [1.807, 2.05) is 0 Å². The predicted molar refractivity (Wildman–Crippen MR) is 97.2 cm³/mol. The molecule has 3 N–H and O–H groups in total. The lowest BCUT2D eigenvalue weighted by Gasteiger charge is -2.12. The van der Waals surface area contributed by atoms with E-state index in [9.17, 15) is 0 Å². The molecule has 112 valence electrons. The van der Waals surface area contributed by atoms with Crippen molar-refractivity contribution >= 4 is 35.6 Å². The second-order valence-corrected chi connectivity index (χ2v) is 5.12. The van der Waals surface area contributed by atoms with Crippen LogP contribution in [-0.2, 0) is 12.8 Å². The van der Waals surface area contributed by atoms with Crippen LogP contribution in [0.4, 0.5) is 5.69 Å². The fraction of sp³-hybridized carbons (Fsp3) is 0.533. The van der Waals surface area contributed by atoms with Crippen molar-refractivity contribution < 1.29 is 0 Å². The molecule has 1 aliphatic rings. The van der Waals surface area contributed by atoms with Crippen LogP contribution in [0, 0.1) is 0 Å². The third kappa shape index (κ3) is 4.94. The first-order chi connectivity index (χ1) is 9.19. The number of halogens is 1. The van der Waals surface area contributed by atoms with Gasteiger partial charge >= 0.3 is 0 Å². The lowest BCUT2D eigenvalue weighted by molar-refractivity contribution is 0.363. The summed E-state index contributed by atoms with van der Waals surface area (Å²) in [4.78, 5) is 6.56. The van der Waals surface area contributed by atoms with Crippen LogP contribution in [0.25, 0.3) is 0 Å². The zero-order valence-electron chi connectivity index (χ0n) is 12.4. The highest BCUT2D eigenvalue weighted by molar-refractivity contribution is 14.0. The Morgan fingerprint density at radius 3 is 2.85 bits per heavy atom. The van der Waals surface area contributed by atoms with E-state index in [4.69, 9.17) is 5.73 Å². The van der Waals surface area contributed by atoms with Crippen LogP contribution >= 0.6 is 24.0 Å². The molecule has 0 atom stereocenters. The van der Waals surface area contributed by atoms with Gasteiger partial charge in [0, 0.05) is 12.2 Å². The summed E-state index contributed by atoms with van der Waals surface area (Å²) in [5, 5.41) is 3.17. The maximum absolute atomic E-state index is 5.90. The molecule has 0 aliphatic heterocycles. The number of nitrogens with zero attached hydrogens (tertiary/aromatic N) is 2. The van der Waals surface area contributed by atoms with Gasteiger partial charge in [0.1, 0.15) is 0 Å². The van der Waals surface area contributed by atoms with Crippen molar-refractivity contribution in [1.82, 2.24) is 4.90 Å². The number of hydrogen-bond donors (Lipinski definition) is 2. The van der Waals surface area contributed by atoms with Crippen LogP contribution in [0.3, 0.4) is 0 Å². The molecule has 0 fully saturated rings. The Hall–Kier alpha value is -0.820. The lowest BCUT2D eigenvalue weighted by atomic mass is 10.1. The van der Waals surface area contributed by atoms with Gasteiger partial charge in [-0.3, -0.25) is 4.99 Å². The van der Waals surface area contributed by atoms with E-state index in [1.165, 1.54) is 30.4 Å². The molecule has 0 bridgehead atoms. The van der Waals surface area contributed by atoms with E-state index in [0.717, 1.165) is 25.3 Å². The van der Waals surface area contributed by atoms with Crippen molar-refractivity contribution in [3.05, 3.63) is 29.3 Å². The van der Waals surface area contributed by atoms with Crippen molar-refractivity contribution in [2.75, 3.05) is 32.0 Å². The molecule has 4 nitrogen and oxygen atoms in total. The molecule has 1 aromatic carbocycles. The number of nitrogens with one attached hydrogen (secondary N) is 1. The first kappa shape index (κ1) is 17.2. The number of aryl methyl sites for hydroxylation is 2. The van der Waals surface area contributed by atoms with Gasteiger partial charge in [-0.25, -0.2) is 0 Å². The Labute approximate surface area is 138 Å². The zero-order chi connectivity index (χ0) is 13.7. The molecule has 5 heteroatoms. The first-order valence-electron chi connectivity index (χ1n) is 7.06. The highest BCUT2D eigenvalue weighted by Crippen LogP contribution is 2.24. The van der Waals surface area contributed by atoms with Crippen molar-refractivity contribution in [1.29, 1.82) is 0 Å². The van der Waals surface area contributed by atoms with E-state index in [-0.39, 0.29) is 24.0 Å². The quantitative estimate of drug-likeness (QED) is 0.463. The molecule has 0 heterocycles. The summed E-state index contributed by atoms with van der Waals surface area (Å²) in [7, 11) is 2.08. The Kier molecular flexibility index (Phi) is 7.29. The Balaban J connectivity index is 0.00000200. The van der Waals surface area contributed by atoms with Gasteiger partial charge in [-0.15, -0.1) is 24.0 Å². The van der Waals surface area contributed by atoms with E-state index in [2.05, 4.69) is 47.4 Å². The average Bonchev–Trinajstić information content (AvgIpc) is 2.85. The molecule has 0 unspecified atom stereocenters. The van der Waals surface area contributed by atoms with Crippen molar-refractivity contribution in [2.24, 2.45) is 10.7 Å². The molecular formula is C15H25IN4. The molecule has 1 aliphatic carbocycles. The van der Waals surface area contributed by atoms with Crippen LogP contribution in [0.1, 0.15) is 24.5 Å². The standard InChI is InChI=1S/C15H24N4.HI/c1-3-19(2)10-9-17-15(16)18-14-8-7-12-5-4-6-13(12)11-14;/h7-8,11H,3-6,9-10H2,1-2H3,(H3,16,17,18);1H. The summed E-state index contributed by atoms with van der Waals surface area (Å²) in [6, 6.07) is 6.48. The number of rotatable bonds is 5. The van der Waals surface area contributed by atoms with Crippen LogP contribution in [0.2, 0.25) is 0 Å². The van der Waals surface area contributed by atoms with Gasteiger partial charge in [0.05, 0.1) is 6.54 Å². The maximum atomic E-state index is 5.90. The topological polar surface area (TPSA) is 53.6 Å². The second kappa shape index (κ2) is 8.46. The van der Waals surface area contributed by atoms with E-state index < -0.39 is 0 Å². The molecule has 0 saturated heterocycles. The molecule has 0 radical (unpaired) electrons. The van der Waals surface area contributed by atoms with E-state index in [1.54, 1.807) is 0 Å². The summed E-state index contributed by atoms with van der Waals surface area (Å²) in [6.07, 6.45) is 3.66. The van der Waals surface area contributed by atoms with Crippen molar-refractivity contribution in [3.63, 3.8) is 0 Å². The van der Waals surface area contributed by atoms with E-state index in [0.29, 0.717) is 5.96 Å². The molecular weight excluding hydrogens is 363 g/mol. The Bertz CT molecular complexity index is 459. The fourth-order valence-electron chi connectivity index (χ4n) is 2.34. The Morgan fingerprint density at radius 1 is 1.35 bits per heavy atom. The third-order valence-electron chi connectivity index (χ3n) is 3.67. The lowest BCUT2D eigenvalue weighted by Crippen LogP contribution is -2.26. The average molecular weight is 388 g/mol. The number of fused-ring (bicyclic) bond motifs is 1. The SMILES string of the molecule is CCN(C)CCN=C(N)Nc1ccc2c(c1)CCC2.I. The van der Waals surface area contributed by atoms with Crippen LogP contribution in [0.5, 0.6) is 0 Å². The van der Waals surface area contributed by atoms with Gasteiger partial charge in [0.2, 0.25) is 0 Å². The monoisotopic (exact) mass is 388 g/mol. The molecule has 20 heavy (non-hydrogen) atoms. The second-order valence-electron chi connectivity index (χ2n) is 5.12. The molecule has 0 amide bonds. The highest BCUT2D eigenvalue weighted by atomic mass is 127. The van der Waals surface area contributed by atoms with Gasteiger partial charge in [0.25, 0.3) is 0 Å². The highest BCUT2D eigenvalue weighted by Gasteiger charge is 2.10. The predicted octanol–water partition coefficient (Wildman–Crippen LogP) is 2.47. The number of likely N-dealkylation sites (N-methyl/N-ethyl adjacent to an activating group) is 1. The summed E-state index contributed by atoms with van der Waals surface area (Å²) in [5.74, 6) is 0.502. The van der Waals surface area contributed by atoms with Crippen LogP contribution in [-0.4, -0.2) is 37.5 Å². The molecule has 0 aromatic heterocycles. The summed E-state index contributed by atoms with van der Waals surface area (Å²) in [5.41, 5.74) is 9.87. The number of anilines is 1. The maximum Gasteiger partial charge on any atom is 0.193 e.